The Kier molecular flexibility index (Phi) is 4.34. The summed E-state index contributed by atoms with van der Waals surface area (Å²) in [5, 5.41) is 3.10. The Morgan fingerprint density at radius 2 is 2.17 bits per heavy atom. The number of nitrogens with zero attached hydrogens (tertiary/aromatic N) is 2. The Morgan fingerprint density at radius 3 is 2.94 bits per heavy atom. The van der Waals surface area contributed by atoms with Crippen LogP contribution >= 0.6 is 0 Å². The highest BCUT2D eigenvalue weighted by atomic mass is 19.1. The van der Waals surface area contributed by atoms with Gasteiger partial charge in [-0.3, -0.25) is 0 Å². The zero-order chi connectivity index (χ0) is 12.8. The Balaban J connectivity index is 1.88. The van der Waals surface area contributed by atoms with Gasteiger partial charge in [-0.2, -0.15) is 0 Å². The summed E-state index contributed by atoms with van der Waals surface area (Å²) in [6.45, 7) is 3.62. The molecule has 96 valence electrons. The summed E-state index contributed by atoms with van der Waals surface area (Å²) in [7, 11) is 0. The second-order valence-corrected chi connectivity index (χ2v) is 4.19. The SMILES string of the molecule is CCCc1nccn1CCNc1ccccc1F. The van der Waals surface area contributed by atoms with Crippen molar-refractivity contribution in [1.82, 2.24) is 9.55 Å². The Bertz CT molecular complexity index is 493. The zero-order valence-electron chi connectivity index (χ0n) is 10.6. The van der Waals surface area contributed by atoms with E-state index >= 15 is 0 Å². The molecule has 0 saturated carbocycles. The highest BCUT2D eigenvalue weighted by molar-refractivity contribution is 5.44. The molecular weight excluding hydrogens is 229 g/mol. The first-order valence-corrected chi connectivity index (χ1v) is 6.29. The molecule has 0 fully saturated rings. The third-order valence-electron chi connectivity index (χ3n) is 2.82. The molecule has 1 heterocycles. The molecule has 0 radical (unpaired) electrons. The highest BCUT2D eigenvalue weighted by Gasteiger charge is 2.02. The van der Waals surface area contributed by atoms with Crippen LogP contribution in [-0.4, -0.2) is 16.1 Å². The van der Waals surface area contributed by atoms with Gasteiger partial charge in [-0.1, -0.05) is 19.1 Å². The van der Waals surface area contributed by atoms with Crippen LogP contribution in [0.4, 0.5) is 10.1 Å². The summed E-state index contributed by atoms with van der Waals surface area (Å²) in [5.74, 6) is 0.879. The molecule has 0 spiro atoms. The lowest BCUT2D eigenvalue weighted by Crippen LogP contribution is -2.13. The predicted octanol–water partition coefficient (Wildman–Crippen LogP) is 3.09. The van der Waals surface area contributed by atoms with Gasteiger partial charge in [0.2, 0.25) is 0 Å². The molecule has 1 aromatic heterocycles. The molecule has 0 aliphatic heterocycles. The lowest BCUT2D eigenvalue weighted by molar-refractivity contribution is 0.625. The van der Waals surface area contributed by atoms with Gasteiger partial charge in [-0.15, -0.1) is 0 Å². The van der Waals surface area contributed by atoms with E-state index in [0.717, 1.165) is 25.2 Å². The first-order chi connectivity index (χ1) is 8.81. The van der Waals surface area contributed by atoms with Crippen molar-refractivity contribution in [3.05, 3.63) is 48.3 Å². The molecular formula is C14H18FN3. The molecule has 0 saturated heterocycles. The van der Waals surface area contributed by atoms with Crippen LogP contribution in [0.1, 0.15) is 19.2 Å². The molecule has 1 N–H and O–H groups in total. The van der Waals surface area contributed by atoms with Crippen molar-refractivity contribution in [2.45, 2.75) is 26.3 Å². The quantitative estimate of drug-likeness (QED) is 0.850. The summed E-state index contributed by atoms with van der Waals surface area (Å²) >= 11 is 0. The molecule has 0 aliphatic carbocycles. The number of benzene rings is 1. The van der Waals surface area contributed by atoms with E-state index in [0.29, 0.717) is 12.2 Å². The first kappa shape index (κ1) is 12.6. The number of nitrogens with one attached hydrogen (secondary N) is 1. The van der Waals surface area contributed by atoms with Crippen LogP contribution in [0.3, 0.4) is 0 Å². The van der Waals surface area contributed by atoms with Crippen molar-refractivity contribution in [2.75, 3.05) is 11.9 Å². The van der Waals surface area contributed by atoms with Gasteiger partial charge in [0.1, 0.15) is 11.6 Å². The normalized spacial score (nSPS) is 10.6. The number of halogens is 1. The first-order valence-electron chi connectivity index (χ1n) is 6.29. The highest BCUT2D eigenvalue weighted by Crippen LogP contribution is 2.12. The van der Waals surface area contributed by atoms with Gasteiger partial charge < -0.3 is 9.88 Å². The van der Waals surface area contributed by atoms with E-state index < -0.39 is 0 Å². The van der Waals surface area contributed by atoms with Crippen LogP contribution in [-0.2, 0) is 13.0 Å². The second-order valence-electron chi connectivity index (χ2n) is 4.19. The van der Waals surface area contributed by atoms with Crippen molar-refractivity contribution in [3.8, 4) is 0 Å². The van der Waals surface area contributed by atoms with Gasteiger partial charge in [0.15, 0.2) is 0 Å². The molecule has 0 amide bonds. The maximum atomic E-state index is 13.4. The molecule has 0 bridgehead atoms. The minimum absolute atomic E-state index is 0.211. The number of hydrogen-bond donors (Lipinski definition) is 1. The van der Waals surface area contributed by atoms with Crippen LogP contribution in [0.2, 0.25) is 0 Å². The van der Waals surface area contributed by atoms with Gasteiger partial charge >= 0.3 is 0 Å². The fourth-order valence-corrected chi connectivity index (χ4v) is 1.91. The third kappa shape index (κ3) is 3.09. The maximum Gasteiger partial charge on any atom is 0.146 e. The summed E-state index contributed by atoms with van der Waals surface area (Å²) in [6.07, 6.45) is 5.84. The number of rotatable bonds is 6. The molecule has 0 atom stereocenters. The van der Waals surface area contributed by atoms with Crippen molar-refractivity contribution >= 4 is 5.69 Å². The molecule has 18 heavy (non-hydrogen) atoms. The van der Waals surface area contributed by atoms with Gasteiger partial charge in [-0.05, 0) is 18.6 Å². The van der Waals surface area contributed by atoms with E-state index in [2.05, 4.69) is 21.8 Å². The third-order valence-corrected chi connectivity index (χ3v) is 2.82. The Morgan fingerprint density at radius 1 is 1.33 bits per heavy atom. The van der Waals surface area contributed by atoms with E-state index in [1.165, 1.54) is 6.07 Å². The van der Waals surface area contributed by atoms with Crippen LogP contribution in [0.5, 0.6) is 0 Å². The van der Waals surface area contributed by atoms with Crippen LogP contribution in [0, 0.1) is 5.82 Å². The van der Waals surface area contributed by atoms with Crippen LogP contribution in [0.15, 0.2) is 36.7 Å². The molecule has 0 unspecified atom stereocenters. The minimum atomic E-state index is -0.211. The van der Waals surface area contributed by atoms with E-state index in [-0.39, 0.29) is 5.82 Å². The number of aromatic nitrogens is 2. The number of para-hydroxylation sites is 1. The van der Waals surface area contributed by atoms with E-state index in [9.17, 15) is 4.39 Å². The Hall–Kier alpha value is -1.84. The fraction of sp³-hybridized carbons (Fsp3) is 0.357. The topological polar surface area (TPSA) is 29.9 Å². The average Bonchev–Trinajstić information content (AvgIpc) is 2.80. The summed E-state index contributed by atoms with van der Waals surface area (Å²) in [6, 6.07) is 6.72. The van der Waals surface area contributed by atoms with Crippen molar-refractivity contribution < 1.29 is 4.39 Å². The zero-order valence-corrected chi connectivity index (χ0v) is 10.6. The van der Waals surface area contributed by atoms with Gasteiger partial charge in [0.25, 0.3) is 0 Å². The number of imidazole rings is 1. The molecule has 4 heteroatoms. The minimum Gasteiger partial charge on any atom is -0.381 e. The van der Waals surface area contributed by atoms with Gasteiger partial charge in [0.05, 0.1) is 5.69 Å². The van der Waals surface area contributed by atoms with E-state index in [1.807, 2.05) is 18.5 Å². The van der Waals surface area contributed by atoms with Gasteiger partial charge in [0, 0.05) is 31.9 Å². The molecule has 2 rings (SSSR count). The standard InChI is InChI=1S/C14H18FN3/c1-2-5-14-17-9-11-18(14)10-8-16-13-7-4-3-6-12(13)15/h3-4,6-7,9,11,16H,2,5,8,10H2,1H3. The van der Waals surface area contributed by atoms with Crippen molar-refractivity contribution in [2.24, 2.45) is 0 Å². The maximum absolute atomic E-state index is 13.4. The predicted molar refractivity (Wildman–Crippen MR) is 71.1 cm³/mol. The number of hydrogen-bond acceptors (Lipinski definition) is 2. The lowest BCUT2D eigenvalue weighted by Gasteiger charge is -2.10. The Labute approximate surface area is 107 Å². The van der Waals surface area contributed by atoms with Crippen LogP contribution < -0.4 is 5.32 Å². The monoisotopic (exact) mass is 247 g/mol. The smallest absolute Gasteiger partial charge is 0.146 e. The summed E-state index contributed by atoms with van der Waals surface area (Å²) in [5.41, 5.74) is 0.551. The number of aryl methyl sites for hydroxylation is 1. The van der Waals surface area contributed by atoms with Gasteiger partial charge in [-0.25, -0.2) is 9.37 Å². The summed E-state index contributed by atoms with van der Waals surface area (Å²) in [4.78, 5) is 4.31. The molecule has 2 aromatic rings. The van der Waals surface area contributed by atoms with E-state index in [1.54, 1.807) is 12.1 Å². The van der Waals surface area contributed by atoms with Crippen molar-refractivity contribution in [1.29, 1.82) is 0 Å². The molecule has 1 aromatic carbocycles. The molecule has 0 aliphatic rings. The second kappa shape index (κ2) is 6.19. The average molecular weight is 247 g/mol. The fourth-order valence-electron chi connectivity index (χ4n) is 1.91. The lowest BCUT2D eigenvalue weighted by atomic mass is 10.3. The molecule has 3 nitrogen and oxygen atoms in total. The van der Waals surface area contributed by atoms with E-state index in [4.69, 9.17) is 0 Å². The number of anilines is 1. The summed E-state index contributed by atoms with van der Waals surface area (Å²) < 4.78 is 15.5. The largest absolute Gasteiger partial charge is 0.381 e. The van der Waals surface area contributed by atoms with Crippen molar-refractivity contribution in [3.63, 3.8) is 0 Å². The van der Waals surface area contributed by atoms with Crippen LogP contribution in [0.25, 0.3) is 0 Å².